The van der Waals surface area contributed by atoms with Crippen molar-refractivity contribution in [2.24, 2.45) is 0 Å². The molecule has 3 unspecified atom stereocenters. The number of fused-ring (bicyclic) bond motifs is 4. The van der Waals surface area contributed by atoms with Gasteiger partial charge >= 0.3 is 5.92 Å². The van der Waals surface area contributed by atoms with Crippen LogP contribution in [0.25, 0.3) is 43.9 Å². The molecule has 0 aliphatic heterocycles. The lowest BCUT2D eigenvalue weighted by molar-refractivity contribution is -0.00471. The first-order chi connectivity index (χ1) is 47.1. The van der Waals surface area contributed by atoms with Crippen molar-refractivity contribution in [2.75, 3.05) is 0 Å². The predicted octanol–water partition coefficient (Wildman–Crippen LogP) is 23.8. The summed E-state index contributed by atoms with van der Waals surface area (Å²) >= 11 is 25.2. The first-order valence-corrected chi connectivity index (χ1v) is 32.8. The molecule has 25 heteroatoms. The van der Waals surface area contributed by atoms with E-state index in [9.17, 15) is 61.6 Å². The van der Waals surface area contributed by atoms with Gasteiger partial charge < -0.3 is 38.1 Å². The van der Waals surface area contributed by atoms with Gasteiger partial charge in [0.1, 0.15) is 62.6 Å². The van der Waals surface area contributed by atoms with Crippen LogP contribution >= 0.6 is 127 Å². The van der Waals surface area contributed by atoms with Gasteiger partial charge in [0, 0.05) is 50.7 Å². The molecule has 0 spiro atoms. The number of halogens is 13. The van der Waals surface area contributed by atoms with E-state index in [4.69, 9.17) is 28.6 Å². The zero-order valence-electron chi connectivity index (χ0n) is 55.4. The summed E-state index contributed by atoms with van der Waals surface area (Å²) in [6.45, 7) is 4.32. The van der Waals surface area contributed by atoms with E-state index >= 15 is 0 Å². The molecule has 0 bridgehead atoms. The lowest BCUT2D eigenvalue weighted by atomic mass is 9.98. The number of rotatable bonds is 12. The third kappa shape index (κ3) is 14.9. The summed E-state index contributed by atoms with van der Waals surface area (Å²) in [5, 5.41) is 39.8. The molecule has 12 nitrogen and oxygen atoms in total. The van der Waals surface area contributed by atoms with E-state index in [1.54, 1.807) is 6.07 Å². The molecule has 12 rings (SSSR count). The second-order valence-electron chi connectivity index (χ2n) is 19.9. The summed E-state index contributed by atoms with van der Waals surface area (Å²) in [7, 11) is 0. The van der Waals surface area contributed by atoms with Gasteiger partial charge in [0.25, 0.3) is 0 Å². The van der Waals surface area contributed by atoms with E-state index in [1.807, 2.05) is 0 Å². The topological polar surface area (TPSA) is 202 Å². The number of carbonyl (C=O) groups excluding carboxylic acids is 4. The molecule has 0 radical (unpaired) electrons. The van der Waals surface area contributed by atoms with Gasteiger partial charge in [-0.15, -0.1) is 0 Å². The van der Waals surface area contributed by atoms with Crippen molar-refractivity contribution in [1.29, 1.82) is 0 Å². The minimum atomic E-state index is -3.38. The van der Waals surface area contributed by atoms with Crippen molar-refractivity contribution in [3.63, 3.8) is 0 Å². The SMILES string of the molecule is [2H]c1c([2H])c([2H])c2c(C(=O)c3cc(Br)c(O)c(Br)c3)c(C(C)F)oc2c1[2H].[2H]c1cc([2H])c2oc(C(C)F)c(C(=O)c3cc(Br)c(O)c(Br)c3)c2c1.[2H]c1ccc2c(C(=O)c3cc(Br)c(O)c(Br)c3)c(C(C)(F)F)oc2c1.[2H]c1ccc2oc(C(C)F)c(C(=O)c3cc(Br)c(O)c(Br)c3)c2c1. The monoisotopic (exact) mass is 1790 g/mol. The van der Waals surface area contributed by atoms with E-state index in [0.29, 0.717) is 35.8 Å². The van der Waals surface area contributed by atoms with Crippen LogP contribution in [-0.2, 0) is 5.92 Å². The number of phenols is 4. The smallest absolute Gasteiger partial charge is 0.302 e. The summed E-state index contributed by atoms with van der Waals surface area (Å²) in [4.78, 5) is 52.0. The Bertz CT molecular complexity index is 5330. The van der Waals surface area contributed by atoms with Crippen LogP contribution in [-0.4, -0.2) is 43.6 Å². The second kappa shape index (κ2) is 29.1. The van der Waals surface area contributed by atoms with Gasteiger partial charge in [0.05, 0.1) is 69.0 Å². The Hall–Kier alpha value is -6.71. The number of aromatic hydroxyl groups is 4. The molecule has 0 saturated carbocycles. The maximum atomic E-state index is 14.2. The Morgan fingerprint density at radius 2 is 0.699 bits per heavy atom. The van der Waals surface area contributed by atoms with Crippen molar-refractivity contribution in [1.82, 2.24) is 0 Å². The number of carbonyl (C=O) groups is 4. The van der Waals surface area contributed by atoms with Gasteiger partial charge in [-0.05, 0) is 221 Å². The molecule has 478 valence electrons. The normalized spacial score (nSPS) is 13.6. The second-order valence-corrected chi connectivity index (χ2v) is 26.8. The van der Waals surface area contributed by atoms with Crippen LogP contribution in [0, 0.1) is 0 Å². The highest BCUT2D eigenvalue weighted by molar-refractivity contribution is 9.12. The predicted molar refractivity (Wildman–Crippen MR) is 371 cm³/mol. The molecule has 0 fully saturated rings. The van der Waals surface area contributed by atoms with E-state index < -0.39 is 77.5 Å². The molecular formula is C68H43Br8F5O12. The molecular weight excluding hydrogens is 1740 g/mol. The minimum absolute atomic E-state index is 0.0166. The molecule has 8 aromatic carbocycles. The van der Waals surface area contributed by atoms with Crippen LogP contribution < -0.4 is 0 Å². The van der Waals surface area contributed by atoms with Crippen LogP contribution in [0.3, 0.4) is 0 Å². The number of hydrogen-bond acceptors (Lipinski definition) is 12. The number of hydrogen-bond donors (Lipinski definition) is 4. The van der Waals surface area contributed by atoms with Crippen molar-refractivity contribution >= 4 is 194 Å². The van der Waals surface area contributed by atoms with Gasteiger partial charge in [0.2, 0.25) is 0 Å². The largest absolute Gasteiger partial charge is 0.506 e. The maximum absolute atomic E-state index is 14.2. The van der Waals surface area contributed by atoms with Gasteiger partial charge in [-0.25, -0.2) is 13.2 Å². The Kier molecular flexibility index (Phi) is 18.8. The Balaban J connectivity index is 0.000000157. The Morgan fingerprint density at radius 1 is 0.398 bits per heavy atom. The van der Waals surface area contributed by atoms with Gasteiger partial charge in [-0.1, -0.05) is 72.7 Å². The fourth-order valence-corrected chi connectivity index (χ4v) is 13.9. The molecule has 4 N–H and O–H groups in total. The molecule has 0 amide bonds. The minimum Gasteiger partial charge on any atom is -0.506 e. The molecule has 93 heavy (non-hydrogen) atoms. The van der Waals surface area contributed by atoms with Crippen molar-refractivity contribution in [3.05, 3.63) is 249 Å². The van der Waals surface area contributed by atoms with E-state index in [1.165, 1.54) is 105 Å². The molecule has 3 atom stereocenters. The van der Waals surface area contributed by atoms with Gasteiger partial charge in [0.15, 0.2) is 47.4 Å². The summed E-state index contributed by atoms with van der Waals surface area (Å²) in [6.07, 6.45) is -4.76. The highest BCUT2D eigenvalue weighted by Gasteiger charge is 2.37. The average molecular weight is 1790 g/mol. The summed E-state index contributed by atoms with van der Waals surface area (Å²) in [6, 6.07) is 20.5. The van der Waals surface area contributed by atoms with E-state index in [2.05, 4.69) is 127 Å². The summed E-state index contributed by atoms with van der Waals surface area (Å²) < 4.78 is 157. The number of ketones is 4. The quantitative estimate of drug-likeness (QED) is 0.0667. The number of alkyl halides is 5. The third-order valence-electron chi connectivity index (χ3n) is 13.4. The first kappa shape index (κ1) is 60.0. The average Bonchev–Trinajstić information content (AvgIpc) is 1.60. The van der Waals surface area contributed by atoms with Crippen LogP contribution in [0.2, 0.25) is 0 Å². The summed E-state index contributed by atoms with van der Waals surface area (Å²) in [5.74, 6) is -7.40. The van der Waals surface area contributed by atoms with E-state index in [0.717, 1.165) is 6.92 Å². The number of phenolic OH excluding ortho intramolecular Hbond substituents is 4. The molecule has 4 heterocycles. The Morgan fingerprint density at radius 3 is 1.10 bits per heavy atom. The van der Waals surface area contributed by atoms with Crippen molar-refractivity contribution in [2.45, 2.75) is 52.1 Å². The van der Waals surface area contributed by atoms with Crippen LogP contribution in [0.15, 0.2) is 199 Å². The van der Waals surface area contributed by atoms with Crippen LogP contribution in [0.4, 0.5) is 22.0 Å². The zero-order chi connectivity index (χ0) is 74.8. The molecule has 0 saturated heterocycles. The number of para-hydroxylation sites is 4. The number of furan rings is 4. The lowest BCUT2D eigenvalue weighted by Gasteiger charge is -2.10. The number of benzene rings is 8. The Labute approximate surface area is 603 Å². The van der Waals surface area contributed by atoms with Gasteiger partial charge in [-0.2, -0.15) is 8.78 Å². The van der Waals surface area contributed by atoms with Crippen LogP contribution in [0.1, 0.15) is 144 Å². The zero-order valence-corrected chi connectivity index (χ0v) is 60.1. The molecule has 12 aromatic rings. The molecule has 0 aliphatic rings. The third-order valence-corrected chi connectivity index (χ3v) is 18.3. The van der Waals surface area contributed by atoms with Crippen LogP contribution in [0.5, 0.6) is 23.0 Å². The van der Waals surface area contributed by atoms with Crippen molar-refractivity contribution < 1.29 is 90.2 Å². The lowest BCUT2D eigenvalue weighted by Crippen LogP contribution is -2.13. The highest BCUT2D eigenvalue weighted by atomic mass is 79.9. The summed E-state index contributed by atoms with van der Waals surface area (Å²) in [5.41, 5.74) is 0.364. The fraction of sp³-hybridized carbons (Fsp3) is 0.118. The van der Waals surface area contributed by atoms with Crippen molar-refractivity contribution in [3.8, 4) is 23.0 Å². The standard InChI is InChI=1S/C17H10Br2F2O3.3C17H11Br2FO3/c1-17(20,21)16-13(9-4-2-3-5-12(9)24-16)14(22)8-6-10(18)15(23)11(19)7-8;3*1-8(20)17-14(10-4-2-3-5-13(10)23-17)15(21)9-6-11(18)16(22)12(19)7-9/h2-7,23H,1H3;3*2-8,22H,1H3/i3D;2D,3D,4D,5D;2D,5D;2D. The first-order valence-electron chi connectivity index (χ1n) is 30.5. The fourth-order valence-electron chi connectivity index (χ4n) is 9.20. The van der Waals surface area contributed by atoms with E-state index in [-0.39, 0.29) is 160 Å². The molecule has 0 aliphatic carbocycles. The highest BCUT2D eigenvalue weighted by Crippen LogP contribution is 2.44. The molecule has 4 aromatic heterocycles. The maximum Gasteiger partial charge on any atom is 0.302 e. The van der Waals surface area contributed by atoms with Gasteiger partial charge in [-0.3, -0.25) is 19.2 Å².